The van der Waals surface area contributed by atoms with Crippen LogP contribution in [-0.4, -0.2) is 37.3 Å². The van der Waals surface area contributed by atoms with Crippen LogP contribution in [0, 0.1) is 0 Å². The van der Waals surface area contributed by atoms with Crippen LogP contribution in [0.1, 0.15) is 10.4 Å². The van der Waals surface area contributed by atoms with E-state index in [0.29, 0.717) is 0 Å². The van der Waals surface area contributed by atoms with Crippen LogP contribution in [-0.2, 0) is 4.74 Å². The van der Waals surface area contributed by atoms with Crippen LogP contribution in [0.15, 0.2) is 24.3 Å². The topological polar surface area (TPSA) is 79.8 Å². The zero-order chi connectivity index (χ0) is 16.1. The van der Waals surface area contributed by atoms with Gasteiger partial charge in [0, 0.05) is 0 Å². The quantitative estimate of drug-likeness (QED) is 0.782. The summed E-state index contributed by atoms with van der Waals surface area (Å²) < 4.78 is 20.3. The molecule has 0 aliphatic rings. The van der Waals surface area contributed by atoms with Crippen LogP contribution in [0.5, 0.6) is 23.5 Å². The number of hydrogen-bond acceptors (Lipinski definition) is 7. The Bertz CT molecular complexity index is 671. The molecule has 1 heterocycles. The predicted octanol–water partition coefficient (Wildman–Crippen LogP) is 2.73. The summed E-state index contributed by atoms with van der Waals surface area (Å²) >= 11 is 6.02. The van der Waals surface area contributed by atoms with Crippen LogP contribution >= 0.6 is 11.6 Å². The first kappa shape index (κ1) is 15.8. The standard InChI is InChI=1S/C14H13ClN2O5/c1-19-10-7-11(17-14(16-10)21-3)22-9-6-4-5-8(15)12(9)13(18)20-2/h4-7H,1-3H3. The minimum atomic E-state index is -0.617. The van der Waals surface area contributed by atoms with Gasteiger partial charge in [-0.05, 0) is 12.1 Å². The normalized spacial score (nSPS) is 10.0. The summed E-state index contributed by atoms with van der Waals surface area (Å²) in [6, 6.07) is 6.28. The van der Waals surface area contributed by atoms with Crippen molar-refractivity contribution < 1.29 is 23.7 Å². The number of carbonyl (C=O) groups excluding carboxylic acids is 1. The second-order valence-corrected chi connectivity index (χ2v) is 4.35. The highest BCUT2D eigenvalue weighted by molar-refractivity contribution is 6.34. The molecule has 0 N–H and O–H groups in total. The fourth-order valence-electron chi connectivity index (χ4n) is 1.63. The molecule has 7 nitrogen and oxygen atoms in total. The van der Waals surface area contributed by atoms with Gasteiger partial charge in [0.15, 0.2) is 0 Å². The first-order chi connectivity index (χ1) is 10.6. The molecular weight excluding hydrogens is 312 g/mol. The van der Waals surface area contributed by atoms with Gasteiger partial charge in [-0.25, -0.2) is 4.79 Å². The Kier molecular flexibility index (Phi) is 5.00. The van der Waals surface area contributed by atoms with E-state index in [1.54, 1.807) is 18.2 Å². The van der Waals surface area contributed by atoms with Crippen molar-refractivity contribution >= 4 is 17.6 Å². The van der Waals surface area contributed by atoms with E-state index in [0.717, 1.165) is 0 Å². The summed E-state index contributed by atoms with van der Waals surface area (Å²) in [7, 11) is 4.12. The van der Waals surface area contributed by atoms with E-state index in [1.807, 2.05) is 0 Å². The molecule has 0 radical (unpaired) electrons. The maximum atomic E-state index is 11.8. The number of aromatic nitrogens is 2. The van der Waals surface area contributed by atoms with Crippen LogP contribution < -0.4 is 14.2 Å². The molecule has 0 atom stereocenters. The van der Waals surface area contributed by atoms with Crippen LogP contribution in [0.25, 0.3) is 0 Å². The Morgan fingerprint density at radius 3 is 2.45 bits per heavy atom. The SMILES string of the molecule is COC(=O)c1c(Cl)cccc1Oc1cc(OC)nc(OC)n1. The number of nitrogens with zero attached hydrogens (tertiary/aromatic N) is 2. The minimum absolute atomic E-state index is 0.0657. The molecule has 22 heavy (non-hydrogen) atoms. The third kappa shape index (κ3) is 3.37. The molecule has 0 spiro atoms. The molecule has 0 aliphatic heterocycles. The molecule has 1 aromatic carbocycles. The Labute approximate surface area is 131 Å². The average molecular weight is 325 g/mol. The van der Waals surface area contributed by atoms with Crippen molar-refractivity contribution in [1.82, 2.24) is 9.97 Å². The molecule has 0 bridgehead atoms. The van der Waals surface area contributed by atoms with Gasteiger partial charge in [-0.1, -0.05) is 17.7 Å². The van der Waals surface area contributed by atoms with Gasteiger partial charge in [0.1, 0.15) is 11.3 Å². The highest BCUT2D eigenvalue weighted by Crippen LogP contribution is 2.31. The number of esters is 1. The fourth-order valence-corrected chi connectivity index (χ4v) is 1.88. The number of hydrogen-bond donors (Lipinski definition) is 0. The Balaban J connectivity index is 2.43. The summed E-state index contributed by atoms with van der Waals surface area (Å²) in [5, 5.41) is 0.206. The molecule has 1 aromatic heterocycles. The summed E-state index contributed by atoms with van der Waals surface area (Å²) in [5.74, 6) is -0.0321. The zero-order valence-electron chi connectivity index (χ0n) is 12.1. The maximum absolute atomic E-state index is 11.8. The highest BCUT2D eigenvalue weighted by Gasteiger charge is 2.19. The fraction of sp³-hybridized carbons (Fsp3) is 0.214. The van der Waals surface area contributed by atoms with E-state index in [1.165, 1.54) is 27.4 Å². The van der Waals surface area contributed by atoms with Gasteiger partial charge in [0.25, 0.3) is 0 Å². The lowest BCUT2D eigenvalue weighted by molar-refractivity contribution is 0.0598. The number of rotatable bonds is 5. The van der Waals surface area contributed by atoms with Crippen molar-refractivity contribution in [3.63, 3.8) is 0 Å². The lowest BCUT2D eigenvalue weighted by Gasteiger charge is -2.11. The molecular formula is C14H13ClN2O5. The lowest BCUT2D eigenvalue weighted by Crippen LogP contribution is -2.05. The second kappa shape index (κ2) is 6.95. The average Bonchev–Trinajstić information content (AvgIpc) is 2.54. The van der Waals surface area contributed by atoms with Crippen molar-refractivity contribution in [3.05, 3.63) is 34.9 Å². The third-order valence-electron chi connectivity index (χ3n) is 2.63. The van der Waals surface area contributed by atoms with E-state index in [-0.39, 0.29) is 34.1 Å². The van der Waals surface area contributed by atoms with Gasteiger partial charge in [-0.3, -0.25) is 0 Å². The third-order valence-corrected chi connectivity index (χ3v) is 2.94. The predicted molar refractivity (Wildman–Crippen MR) is 78.0 cm³/mol. The van der Waals surface area contributed by atoms with Gasteiger partial charge in [-0.15, -0.1) is 0 Å². The lowest BCUT2D eigenvalue weighted by atomic mass is 10.2. The van der Waals surface area contributed by atoms with Crippen molar-refractivity contribution in [2.75, 3.05) is 21.3 Å². The first-order valence-corrected chi connectivity index (χ1v) is 6.48. The molecule has 0 saturated heterocycles. The zero-order valence-corrected chi connectivity index (χ0v) is 12.9. The number of ether oxygens (including phenoxy) is 4. The number of benzene rings is 1. The van der Waals surface area contributed by atoms with E-state index >= 15 is 0 Å². The van der Waals surface area contributed by atoms with Crippen molar-refractivity contribution in [2.24, 2.45) is 0 Å². The Hall–Kier alpha value is -2.54. The van der Waals surface area contributed by atoms with E-state index in [4.69, 9.17) is 30.5 Å². The molecule has 0 fully saturated rings. The molecule has 116 valence electrons. The Morgan fingerprint density at radius 1 is 1.09 bits per heavy atom. The number of methoxy groups -OCH3 is 3. The van der Waals surface area contributed by atoms with Crippen LogP contribution in [0.2, 0.25) is 5.02 Å². The van der Waals surface area contributed by atoms with Gasteiger partial charge in [0.05, 0.1) is 32.4 Å². The van der Waals surface area contributed by atoms with E-state index in [2.05, 4.69) is 9.97 Å². The van der Waals surface area contributed by atoms with Crippen molar-refractivity contribution in [2.45, 2.75) is 0 Å². The number of halogens is 1. The minimum Gasteiger partial charge on any atom is -0.481 e. The summed E-state index contributed by atoms with van der Waals surface area (Å²) in [6.45, 7) is 0. The maximum Gasteiger partial charge on any atom is 0.343 e. The molecule has 0 amide bonds. The molecule has 0 unspecified atom stereocenters. The van der Waals surface area contributed by atoms with Crippen molar-refractivity contribution in [3.8, 4) is 23.5 Å². The van der Waals surface area contributed by atoms with Gasteiger partial charge < -0.3 is 18.9 Å². The smallest absolute Gasteiger partial charge is 0.343 e. The van der Waals surface area contributed by atoms with Gasteiger partial charge in [0.2, 0.25) is 11.8 Å². The van der Waals surface area contributed by atoms with E-state index < -0.39 is 5.97 Å². The van der Waals surface area contributed by atoms with Crippen LogP contribution in [0.4, 0.5) is 0 Å². The second-order valence-electron chi connectivity index (χ2n) is 3.94. The Morgan fingerprint density at radius 2 is 1.82 bits per heavy atom. The molecule has 2 rings (SSSR count). The first-order valence-electron chi connectivity index (χ1n) is 6.10. The molecule has 2 aromatic rings. The van der Waals surface area contributed by atoms with Gasteiger partial charge >= 0.3 is 12.0 Å². The van der Waals surface area contributed by atoms with E-state index in [9.17, 15) is 4.79 Å². The van der Waals surface area contributed by atoms with Crippen molar-refractivity contribution in [1.29, 1.82) is 0 Å². The van der Waals surface area contributed by atoms with Crippen LogP contribution in [0.3, 0.4) is 0 Å². The molecule has 0 aliphatic carbocycles. The summed E-state index contributed by atoms with van der Waals surface area (Å²) in [6.07, 6.45) is 0. The highest BCUT2D eigenvalue weighted by atomic mass is 35.5. The summed E-state index contributed by atoms with van der Waals surface area (Å²) in [5.41, 5.74) is 0.100. The number of carbonyl (C=O) groups is 1. The molecule has 8 heteroatoms. The van der Waals surface area contributed by atoms with Gasteiger partial charge in [-0.2, -0.15) is 9.97 Å². The largest absolute Gasteiger partial charge is 0.481 e. The monoisotopic (exact) mass is 324 g/mol. The molecule has 0 saturated carbocycles. The summed E-state index contributed by atoms with van der Waals surface area (Å²) in [4.78, 5) is 19.8.